The molecule has 0 radical (unpaired) electrons. The molecule has 4 rings (SSSR count). The average Bonchev–Trinajstić information content (AvgIpc) is 3.10. The van der Waals surface area contributed by atoms with Gasteiger partial charge in [0.2, 0.25) is 0 Å². The predicted octanol–water partition coefficient (Wildman–Crippen LogP) is 6.37. The summed E-state index contributed by atoms with van der Waals surface area (Å²) in [5, 5.41) is 14.4. The third-order valence-electron chi connectivity index (χ3n) is 5.57. The van der Waals surface area contributed by atoms with Gasteiger partial charge in [-0.3, -0.25) is 4.40 Å². The van der Waals surface area contributed by atoms with Crippen molar-refractivity contribution in [2.45, 2.75) is 33.6 Å². The standard InChI is InChI=1S/C25H25ClN4/c1-16(2)12-13-28-24-19(14-18-8-4-5-9-21(18)26)17(3)20(15-27)25-29-22-10-6-7-11-23(22)30(24)25/h4-11,16,28H,12-14H2,1-3H3. The van der Waals surface area contributed by atoms with E-state index in [1.165, 1.54) is 0 Å². The van der Waals surface area contributed by atoms with Gasteiger partial charge in [0.05, 0.1) is 16.6 Å². The molecule has 2 heterocycles. The van der Waals surface area contributed by atoms with Gasteiger partial charge in [-0.1, -0.05) is 55.8 Å². The van der Waals surface area contributed by atoms with Crippen LogP contribution >= 0.6 is 11.6 Å². The van der Waals surface area contributed by atoms with Gasteiger partial charge in [0, 0.05) is 23.6 Å². The molecule has 30 heavy (non-hydrogen) atoms. The smallest absolute Gasteiger partial charge is 0.157 e. The second kappa shape index (κ2) is 8.38. The first-order valence-electron chi connectivity index (χ1n) is 10.3. The fourth-order valence-electron chi connectivity index (χ4n) is 3.90. The van der Waals surface area contributed by atoms with Crippen LogP contribution in [-0.2, 0) is 6.42 Å². The van der Waals surface area contributed by atoms with Crippen LogP contribution in [0.5, 0.6) is 0 Å². The first-order valence-corrected chi connectivity index (χ1v) is 10.7. The Morgan fingerprint density at radius 3 is 2.60 bits per heavy atom. The van der Waals surface area contributed by atoms with E-state index in [1.54, 1.807) is 0 Å². The zero-order valence-electron chi connectivity index (χ0n) is 17.5. The second-order valence-corrected chi connectivity index (χ2v) is 8.48. The van der Waals surface area contributed by atoms with Crippen molar-refractivity contribution in [3.63, 3.8) is 0 Å². The SMILES string of the molecule is Cc1c(Cc2ccccc2Cl)c(NCCC(C)C)n2c(nc3ccccc32)c1C#N. The maximum absolute atomic E-state index is 9.98. The zero-order valence-corrected chi connectivity index (χ0v) is 18.3. The minimum atomic E-state index is 0.596. The van der Waals surface area contributed by atoms with Gasteiger partial charge in [-0.2, -0.15) is 5.26 Å². The number of fused-ring (bicyclic) bond motifs is 3. The van der Waals surface area contributed by atoms with Crippen LogP contribution in [0.25, 0.3) is 16.7 Å². The average molecular weight is 417 g/mol. The van der Waals surface area contributed by atoms with Crippen LogP contribution in [-0.4, -0.2) is 15.9 Å². The molecule has 0 aliphatic rings. The van der Waals surface area contributed by atoms with Gasteiger partial charge in [0.15, 0.2) is 5.65 Å². The summed E-state index contributed by atoms with van der Waals surface area (Å²) >= 11 is 6.49. The van der Waals surface area contributed by atoms with Crippen LogP contribution in [0, 0.1) is 24.2 Å². The van der Waals surface area contributed by atoms with Gasteiger partial charge in [-0.25, -0.2) is 4.98 Å². The lowest BCUT2D eigenvalue weighted by molar-refractivity contribution is 0.606. The Hall–Kier alpha value is -3.03. The number of aromatic nitrogens is 2. The highest BCUT2D eigenvalue weighted by molar-refractivity contribution is 6.31. The Balaban J connectivity index is 2.00. The highest BCUT2D eigenvalue weighted by Crippen LogP contribution is 2.33. The number of benzene rings is 2. The number of nitriles is 1. The molecular weight excluding hydrogens is 392 g/mol. The van der Waals surface area contributed by atoms with Crippen LogP contribution in [0.1, 0.15) is 42.5 Å². The van der Waals surface area contributed by atoms with Gasteiger partial charge in [-0.05, 0) is 48.6 Å². The van der Waals surface area contributed by atoms with Crippen LogP contribution in [0.2, 0.25) is 5.02 Å². The second-order valence-electron chi connectivity index (χ2n) is 8.08. The summed E-state index contributed by atoms with van der Waals surface area (Å²) in [6.45, 7) is 7.30. The largest absolute Gasteiger partial charge is 0.371 e. The van der Waals surface area contributed by atoms with Crippen LogP contribution in [0.15, 0.2) is 48.5 Å². The van der Waals surface area contributed by atoms with Crippen molar-refractivity contribution >= 4 is 34.1 Å². The fourth-order valence-corrected chi connectivity index (χ4v) is 4.10. The number of imidazole rings is 1. The summed E-state index contributed by atoms with van der Waals surface area (Å²) in [4.78, 5) is 4.79. The number of pyridine rings is 1. The number of hydrogen-bond donors (Lipinski definition) is 1. The molecule has 0 amide bonds. The molecule has 0 bridgehead atoms. The van der Waals surface area contributed by atoms with Crippen molar-refractivity contribution < 1.29 is 0 Å². The summed E-state index contributed by atoms with van der Waals surface area (Å²) in [7, 11) is 0. The molecule has 0 fully saturated rings. The summed E-state index contributed by atoms with van der Waals surface area (Å²) < 4.78 is 2.10. The molecule has 0 aliphatic heterocycles. The Kier molecular flexibility index (Phi) is 5.65. The quantitative estimate of drug-likeness (QED) is 0.397. The van der Waals surface area contributed by atoms with Gasteiger partial charge >= 0.3 is 0 Å². The maximum Gasteiger partial charge on any atom is 0.157 e. The van der Waals surface area contributed by atoms with Crippen molar-refractivity contribution in [3.8, 4) is 6.07 Å². The first-order chi connectivity index (χ1) is 14.5. The lowest BCUT2D eigenvalue weighted by Gasteiger charge is -2.20. The molecule has 1 N–H and O–H groups in total. The topological polar surface area (TPSA) is 53.1 Å². The molecular formula is C25H25ClN4. The molecule has 2 aromatic carbocycles. The van der Waals surface area contributed by atoms with E-state index in [4.69, 9.17) is 16.6 Å². The van der Waals surface area contributed by atoms with E-state index in [0.717, 1.165) is 51.5 Å². The number of para-hydroxylation sites is 2. The van der Waals surface area contributed by atoms with Gasteiger partial charge in [0.25, 0.3) is 0 Å². The molecule has 0 unspecified atom stereocenters. The van der Waals surface area contributed by atoms with Gasteiger partial charge in [0.1, 0.15) is 11.9 Å². The van der Waals surface area contributed by atoms with E-state index in [-0.39, 0.29) is 0 Å². The molecule has 0 saturated carbocycles. The Morgan fingerprint density at radius 1 is 1.13 bits per heavy atom. The van der Waals surface area contributed by atoms with Crippen molar-refractivity contribution in [3.05, 3.63) is 75.8 Å². The van der Waals surface area contributed by atoms with E-state index in [9.17, 15) is 5.26 Å². The molecule has 0 saturated heterocycles. The lowest BCUT2D eigenvalue weighted by Crippen LogP contribution is -2.13. The van der Waals surface area contributed by atoms with Crippen LogP contribution in [0.4, 0.5) is 5.82 Å². The molecule has 152 valence electrons. The summed E-state index contributed by atoms with van der Waals surface area (Å²) in [5.74, 6) is 1.59. The molecule has 4 aromatic rings. The number of halogens is 1. The molecule has 4 nitrogen and oxygen atoms in total. The first kappa shape index (κ1) is 20.3. The molecule has 0 atom stereocenters. The number of rotatable bonds is 6. The summed E-state index contributed by atoms with van der Waals surface area (Å²) in [6.07, 6.45) is 1.70. The molecule has 0 aliphatic carbocycles. The van der Waals surface area contributed by atoms with E-state index >= 15 is 0 Å². The lowest BCUT2D eigenvalue weighted by atomic mass is 9.97. The van der Waals surface area contributed by atoms with Crippen molar-refractivity contribution in [2.75, 3.05) is 11.9 Å². The predicted molar refractivity (Wildman–Crippen MR) is 124 cm³/mol. The third kappa shape index (κ3) is 3.62. The highest BCUT2D eigenvalue weighted by Gasteiger charge is 2.21. The van der Waals surface area contributed by atoms with E-state index in [2.05, 4.69) is 35.7 Å². The number of nitrogens with zero attached hydrogens (tertiary/aromatic N) is 3. The number of nitrogens with one attached hydrogen (secondary N) is 1. The maximum atomic E-state index is 9.98. The van der Waals surface area contributed by atoms with Crippen LogP contribution in [0.3, 0.4) is 0 Å². The minimum absolute atomic E-state index is 0.596. The number of hydrogen-bond acceptors (Lipinski definition) is 3. The van der Waals surface area contributed by atoms with E-state index in [0.29, 0.717) is 23.5 Å². The van der Waals surface area contributed by atoms with Gasteiger partial charge < -0.3 is 5.32 Å². The van der Waals surface area contributed by atoms with E-state index in [1.807, 2.05) is 49.4 Å². The highest BCUT2D eigenvalue weighted by atomic mass is 35.5. The van der Waals surface area contributed by atoms with Crippen molar-refractivity contribution in [2.24, 2.45) is 5.92 Å². The van der Waals surface area contributed by atoms with Crippen molar-refractivity contribution in [1.29, 1.82) is 5.26 Å². The normalized spacial score (nSPS) is 11.3. The zero-order chi connectivity index (χ0) is 21.3. The third-order valence-corrected chi connectivity index (χ3v) is 5.94. The number of anilines is 1. The Bertz CT molecular complexity index is 1260. The van der Waals surface area contributed by atoms with Crippen molar-refractivity contribution in [1.82, 2.24) is 9.38 Å². The minimum Gasteiger partial charge on any atom is -0.371 e. The monoisotopic (exact) mass is 416 g/mol. The Morgan fingerprint density at radius 2 is 1.87 bits per heavy atom. The van der Waals surface area contributed by atoms with Gasteiger partial charge in [-0.15, -0.1) is 0 Å². The fraction of sp³-hybridized carbons (Fsp3) is 0.280. The molecule has 2 aromatic heterocycles. The van der Waals surface area contributed by atoms with Crippen LogP contribution < -0.4 is 5.32 Å². The summed E-state index contributed by atoms with van der Waals surface area (Å²) in [6, 6.07) is 18.3. The van der Waals surface area contributed by atoms with E-state index < -0.39 is 0 Å². The molecule has 0 spiro atoms. The summed E-state index contributed by atoms with van der Waals surface area (Å²) in [5.41, 5.74) is 6.27. The molecule has 5 heteroatoms. The Labute approximate surface area is 182 Å².